The molecule has 224 valence electrons. The average Bonchev–Trinajstić information content (AvgIpc) is 3.63. The lowest BCUT2D eigenvalue weighted by atomic mass is 10.1. The molecule has 0 aliphatic heterocycles. The third-order valence-corrected chi connectivity index (χ3v) is 12.8. The van der Waals surface area contributed by atoms with Crippen LogP contribution in [0.5, 0.6) is 0 Å². The number of aromatic nitrogens is 3. The first-order valence-corrected chi connectivity index (χ1v) is 17.3. The first-order valence-electron chi connectivity index (χ1n) is 15.4. The number of para-hydroxylation sites is 2. The molecular weight excluding hydrogens is 637 g/mol. The molecule has 0 spiro atoms. The van der Waals surface area contributed by atoms with Crippen LogP contribution in [0.4, 0.5) is 0 Å². The van der Waals surface area contributed by atoms with E-state index in [1.807, 2.05) is 18.2 Å². The Bertz CT molecular complexity index is 1940. The van der Waals surface area contributed by atoms with E-state index in [1.54, 1.807) is 0 Å². The van der Waals surface area contributed by atoms with Crippen molar-refractivity contribution in [3.63, 3.8) is 0 Å². The normalized spacial score (nSPS) is 11.5. The first-order chi connectivity index (χ1) is 21.7. The lowest BCUT2D eigenvalue weighted by Gasteiger charge is -2.27. The quantitative estimate of drug-likeness (QED) is 0.153. The Morgan fingerprint density at radius 3 is 1.62 bits per heavy atom. The van der Waals surface area contributed by atoms with Gasteiger partial charge in [0.2, 0.25) is 11.6 Å². The van der Waals surface area contributed by atoms with E-state index in [1.165, 1.54) is 15.9 Å². The number of carbonyl (C=O) groups is 1. The molecule has 4 nitrogen and oxygen atoms in total. The molecule has 0 bridgehead atoms. The topological polar surface area (TPSA) is 39.3 Å². The van der Waals surface area contributed by atoms with Crippen molar-refractivity contribution < 1.29 is 21.8 Å². The molecule has 6 heteroatoms. The second kappa shape index (κ2) is 13.4. The molecular formula is C39H35BrN3OP. The zero-order valence-electron chi connectivity index (χ0n) is 25.3. The van der Waals surface area contributed by atoms with Gasteiger partial charge in [-0.3, -0.25) is 9.20 Å². The monoisotopic (exact) mass is 671 g/mol. The Hall–Kier alpha value is -4.31. The summed E-state index contributed by atoms with van der Waals surface area (Å²) in [6, 6.07) is 50.4. The number of benzene rings is 5. The Labute approximate surface area is 275 Å². The number of unbranched alkanes of at least 4 members (excludes halogenated alkanes) is 1. The van der Waals surface area contributed by atoms with Crippen molar-refractivity contribution in [2.24, 2.45) is 0 Å². The third kappa shape index (κ3) is 5.45. The molecule has 2 heterocycles. The highest BCUT2D eigenvalue weighted by molar-refractivity contribution is 7.96. The molecule has 45 heavy (non-hydrogen) atoms. The molecule has 2 aromatic heterocycles. The van der Waals surface area contributed by atoms with Gasteiger partial charge in [-0.05, 0) is 55.0 Å². The minimum atomic E-state index is -2.41. The van der Waals surface area contributed by atoms with Crippen molar-refractivity contribution in [1.29, 1.82) is 0 Å². The van der Waals surface area contributed by atoms with Crippen molar-refractivity contribution in [2.45, 2.75) is 26.3 Å². The van der Waals surface area contributed by atoms with Crippen LogP contribution in [0, 0.1) is 0 Å². The number of ketones is 1. The molecule has 0 aliphatic carbocycles. The zero-order valence-corrected chi connectivity index (χ0v) is 27.7. The maximum absolute atomic E-state index is 15.3. The Morgan fingerprint density at radius 2 is 1.11 bits per heavy atom. The van der Waals surface area contributed by atoms with E-state index in [4.69, 9.17) is 4.98 Å². The van der Waals surface area contributed by atoms with E-state index in [2.05, 4.69) is 143 Å². The highest BCUT2D eigenvalue weighted by Gasteiger charge is 2.48. The highest BCUT2D eigenvalue weighted by Crippen LogP contribution is 2.56. The fourth-order valence-corrected chi connectivity index (χ4v) is 10.5. The summed E-state index contributed by atoms with van der Waals surface area (Å²) in [6.07, 6.45) is 2.47. The third-order valence-electron chi connectivity index (χ3n) is 8.53. The number of nitrogens with zero attached hydrogens (tertiary/aromatic N) is 3. The number of rotatable bonds is 10. The van der Waals surface area contributed by atoms with Crippen LogP contribution in [0.3, 0.4) is 0 Å². The van der Waals surface area contributed by atoms with E-state index < -0.39 is 7.26 Å². The van der Waals surface area contributed by atoms with Gasteiger partial charge in [-0.25, -0.2) is 4.98 Å². The molecule has 0 N–H and O–H groups in total. The van der Waals surface area contributed by atoms with Crippen LogP contribution >= 0.6 is 7.26 Å². The van der Waals surface area contributed by atoms with Gasteiger partial charge in [0.05, 0.1) is 11.0 Å². The predicted octanol–water partition coefficient (Wildman–Crippen LogP) is 4.94. The first kappa shape index (κ1) is 30.7. The van der Waals surface area contributed by atoms with Gasteiger partial charge in [0.1, 0.15) is 40.7 Å². The standard InChI is InChI=1S/C39H35N3OP.BrH/c1-2-3-28-41-34-26-16-17-27-35(34)42-38(37(40-39(41)42)30-18-8-4-9-19-30)36(43)29-44(31-20-10-5-11-21-31,32-22-12-6-13-23-32)33-24-14-7-15-25-33;/h4-27H,2-3,28-29H2,1H3;1H/q+1;/p-1. The maximum Gasteiger partial charge on any atom is 0.220 e. The van der Waals surface area contributed by atoms with E-state index in [-0.39, 0.29) is 22.8 Å². The molecule has 5 aromatic carbocycles. The van der Waals surface area contributed by atoms with E-state index in [0.29, 0.717) is 11.9 Å². The van der Waals surface area contributed by atoms with E-state index in [9.17, 15) is 0 Å². The minimum absolute atomic E-state index is 0. The van der Waals surface area contributed by atoms with Crippen LogP contribution in [0.15, 0.2) is 146 Å². The summed E-state index contributed by atoms with van der Waals surface area (Å²) in [5.74, 6) is 0.921. The lowest BCUT2D eigenvalue weighted by Crippen LogP contribution is -3.00. The fraction of sp³-hybridized carbons (Fsp3) is 0.128. The van der Waals surface area contributed by atoms with Gasteiger partial charge in [0.15, 0.2) is 0 Å². The van der Waals surface area contributed by atoms with E-state index in [0.717, 1.165) is 47.5 Å². The van der Waals surface area contributed by atoms with Crippen molar-refractivity contribution >= 4 is 45.8 Å². The summed E-state index contributed by atoms with van der Waals surface area (Å²) in [4.78, 5) is 20.5. The van der Waals surface area contributed by atoms with Gasteiger partial charge >= 0.3 is 0 Å². The number of Topliss-reactive ketones (excluding diaryl/α,β-unsaturated/α-hetero) is 1. The SMILES string of the molecule is CCCCn1c2ccccc2n2c(C(=O)C[P+](c3ccccc3)(c3ccccc3)c3ccccc3)c(-c3ccccc3)nc12.[Br-]. The van der Waals surface area contributed by atoms with E-state index >= 15 is 4.79 Å². The van der Waals surface area contributed by atoms with Crippen LogP contribution in [0.1, 0.15) is 30.3 Å². The van der Waals surface area contributed by atoms with Crippen LogP contribution in [-0.2, 0) is 6.54 Å². The summed E-state index contributed by atoms with van der Waals surface area (Å²) in [6.45, 7) is 3.06. The summed E-state index contributed by atoms with van der Waals surface area (Å²) in [5, 5.41) is 3.58. The second-order valence-corrected chi connectivity index (χ2v) is 14.7. The van der Waals surface area contributed by atoms with Crippen molar-refractivity contribution in [3.8, 4) is 11.3 Å². The van der Waals surface area contributed by atoms with Crippen molar-refractivity contribution in [3.05, 3.63) is 151 Å². The Kier molecular flexibility index (Phi) is 9.11. The van der Waals surface area contributed by atoms with Crippen LogP contribution in [0.2, 0.25) is 0 Å². The lowest BCUT2D eigenvalue weighted by molar-refractivity contribution is -0.0000164. The summed E-state index contributed by atoms with van der Waals surface area (Å²) in [7, 11) is -2.41. The number of halogens is 1. The molecule has 0 unspecified atom stereocenters. The Morgan fingerprint density at radius 1 is 0.644 bits per heavy atom. The van der Waals surface area contributed by atoms with Gasteiger partial charge in [-0.1, -0.05) is 110 Å². The molecule has 0 fully saturated rings. The summed E-state index contributed by atoms with van der Waals surface area (Å²) in [5.41, 5.74) is 4.47. The molecule has 0 atom stereocenters. The molecule has 0 radical (unpaired) electrons. The largest absolute Gasteiger partial charge is 1.00 e. The molecule has 7 rings (SSSR count). The predicted molar refractivity (Wildman–Crippen MR) is 185 cm³/mol. The van der Waals surface area contributed by atoms with Gasteiger partial charge in [-0.15, -0.1) is 0 Å². The number of hydrogen-bond donors (Lipinski definition) is 0. The molecule has 0 amide bonds. The second-order valence-electron chi connectivity index (χ2n) is 11.2. The highest BCUT2D eigenvalue weighted by atomic mass is 79.9. The van der Waals surface area contributed by atoms with Gasteiger partial charge in [0, 0.05) is 12.1 Å². The molecule has 7 aromatic rings. The average molecular weight is 673 g/mol. The number of hydrogen-bond acceptors (Lipinski definition) is 2. The number of carbonyl (C=O) groups excluding carboxylic acids is 1. The molecule has 0 aliphatic rings. The minimum Gasteiger partial charge on any atom is -1.00 e. The zero-order chi connectivity index (χ0) is 29.9. The fourth-order valence-electron chi connectivity index (χ4n) is 6.46. The molecule has 0 saturated carbocycles. The van der Waals surface area contributed by atoms with Crippen LogP contribution in [-0.4, -0.2) is 25.9 Å². The maximum atomic E-state index is 15.3. The van der Waals surface area contributed by atoms with Crippen LogP contribution < -0.4 is 32.9 Å². The number of imidazole rings is 2. The summed E-state index contributed by atoms with van der Waals surface area (Å²) < 4.78 is 4.42. The number of fused-ring (bicyclic) bond motifs is 3. The summed E-state index contributed by atoms with van der Waals surface area (Å²) >= 11 is 0. The van der Waals surface area contributed by atoms with Crippen LogP contribution in [0.25, 0.3) is 28.1 Å². The van der Waals surface area contributed by atoms with Crippen molar-refractivity contribution in [2.75, 3.05) is 6.16 Å². The van der Waals surface area contributed by atoms with Crippen molar-refractivity contribution in [1.82, 2.24) is 14.0 Å². The van der Waals surface area contributed by atoms with Gasteiger partial charge in [0.25, 0.3) is 0 Å². The Balaban J connectivity index is 0.00000357. The van der Waals surface area contributed by atoms with Gasteiger partial charge in [-0.2, -0.15) is 0 Å². The molecule has 0 saturated heterocycles. The number of aryl methyl sites for hydroxylation is 1. The van der Waals surface area contributed by atoms with Gasteiger partial charge < -0.3 is 21.5 Å². The smallest absolute Gasteiger partial charge is 0.220 e.